The van der Waals surface area contributed by atoms with Crippen LogP contribution in [0.2, 0.25) is 0 Å². The molecule has 0 spiro atoms. The Kier molecular flexibility index (Phi) is 5.50. The van der Waals surface area contributed by atoms with Crippen molar-refractivity contribution < 1.29 is 9.59 Å². The average molecular weight is 331 g/mol. The van der Waals surface area contributed by atoms with E-state index in [-0.39, 0.29) is 23.8 Å². The van der Waals surface area contributed by atoms with E-state index in [1.807, 2.05) is 39.0 Å². The Hall–Kier alpha value is -2.21. The molecule has 1 aromatic heterocycles. The monoisotopic (exact) mass is 331 g/mol. The third kappa shape index (κ3) is 5.17. The van der Waals surface area contributed by atoms with Gasteiger partial charge in [0.25, 0.3) is 5.91 Å². The second kappa shape index (κ2) is 7.37. The van der Waals surface area contributed by atoms with E-state index in [9.17, 15) is 9.59 Å². The molecule has 2 rings (SSSR count). The normalized spacial score (nSPS) is 11.1. The summed E-state index contributed by atoms with van der Waals surface area (Å²) < 4.78 is 0. The number of carbonyl (C=O) groups is 2. The molecule has 0 saturated carbocycles. The van der Waals surface area contributed by atoms with Gasteiger partial charge in [0.15, 0.2) is 5.13 Å². The van der Waals surface area contributed by atoms with Gasteiger partial charge in [0, 0.05) is 16.5 Å². The van der Waals surface area contributed by atoms with Crippen LogP contribution in [-0.2, 0) is 11.2 Å². The number of hydrogen-bond acceptors (Lipinski definition) is 4. The Morgan fingerprint density at radius 3 is 2.57 bits per heavy atom. The highest BCUT2D eigenvalue weighted by atomic mass is 32.1. The van der Waals surface area contributed by atoms with Gasteiger partial charge in [-0.3, -0.25) is 14.9 Å². The van der Waals surface area contributed by atoms with Crippen molar-refractivity contribution in [2.75, 3.05) is 5.32 Å². The lowest BCUT2D eigenvalue weighted by Crippen LogP contribution is -2.43. The average Bonchev–Trinajstić information content (AvgIpc) is 2.94. The summed E-state index contributed by atoms with van der Waals surface area (Å²) in [5.74, 6) is -0.272. The first kappa shape index (κ1) is 17.1. The maximum atomic E-state index is 12.0. The van der Waals surface area contributed by atoms with Crippen molar-refractivity contribution in [3.8, 4) is 0 Å². The standard InChI is InChI=1S/C17H21N3O2S/c1-4-17(2,3)20-14(21)10-13-11-23-16(18-13)19-15(22)12-8-6-5-7-9-12/h5-9,11H,4,10H2,1-3H3,(H,20,21)(H,18,19,22). The minimum absolute atomic E-state index is 0.0666. The van der Waals surface area contributed by atoms with Crippen LogP contribution in [0.4, 0.5) is 5.13 Å². The molecule has 0 aliphatic carbocycles. The van der Waals surface area contributed by atoms with Gasteiger partial charge in [0.1, 0.15) is 0 Å². The van der Waals surface area contributed by atoms with Crippen LogP contribution < -0.4 is 10.6 Å². The summed E-state index contributed by atoms with van der Waals surface area (Å²) in [4.78, 5) is 28.4. The Labute approximate surface area is 140 Å². The van der Waals surface area contributed by atoms with Crippen molar-refractivity contribution in [2.24, 2.45) is 0 Å². The number of aromatic nitrogens is 1. The number of amides is 2. The molecule has 1 heterocycles. The zero-order valence-electron chi connectivity index (χ0n) is 13.6. The van der Waals surface area contributed by atoms with Crippen molar-refractivity contribution in [1.82, 2.24) is 10.3 Å². The summed E-state index contributed by atoms with van der Waals surface area (Å²) in [6, 6.07) is 8.95. The molecule has 0 unspecified atom stereocenters. The van der Waals surface area contributed by atoms with E-state index in [0.29, 0.717) is 16.4 Å². The van der Waals surface area contributed by atoms with Crippen molar-refractivity contribution in [1.29, 1.82) is 0 Å². The van der Waals surface area contributed by atoms with Gasteiger partial charge in [0.2, 0.25) is 5.91 Å². The van der Waals surface area contributed by atoms with Gasteiger partial charge in [-0.25, -0.2) is 4.98 Å². The number of rotatable bonds is 6. The van der Waals surface area contributed by atoms with Crippen LogP contribution >= 0.6 is 11.3 Å². The Morgan fingerprint density at radius 2 is 1.91 bits per heavy atom. The van der Waals surface area contributed by atoms with Crippen LogP contribution in [0, 0.1) is 0 Å². The molecular formula is C17H21N3O2S. The molecule has 0 saturated heterocycles. The number of anilines is 1. The van der Waals surface area contributed by atoms with Crippen molar-refractivity contribution in [3.05, 3.63) is 47.0 Å². The van der Waals surface area contributed by atoms with E-state index in [0.717, 1.165) is 6.42 Å². The highest BCUT2D eigenvalue weighted by molar-refractivity contribution is 7.14. The summed E-state index contributed by atoms with van der Waals surface area (Å²) in [5, 5.41) is 8.00. The fourth-order valence-electron chi connectivity index (χ4n) is 1.88. The first-order valence-electron chi connectivity index (χ1n) is 7.51. The molecule has 6 heteroatoms. The second-order valence-corrected chi connectivity index (χ2v) is 6.78. The van der Waals surface area contributed by atoms with Gasteiger partial charge >= 0.3 is 0 Å². The van der Waals surface area contributed by atoms with E-state index in [4.69, 9.17) is 0 Å². The molecule has 0 bridgehead atoms. The molecule has 0 fully saturated rings. The maximum absolute atomic E-state index is 12.0. The van der Waals surface area contributed by atoms with Gasteiger partial charge in [-0.1, -0.05) is 25.1 Å². The zero-order valence-corrected chi connectivity index (χ0v) is 14.4. The van der Waals surface area contributed by atoms with Gasteiger partial charge in [0.05, 0.1) is 12.1 Å². The zero-order chi connectivity index (χ0) is 16.9. The molecular weight excluding hydrogens is 310 g/mol. The fraction of sp³-hybridized carbons (Fsp3) is 0.353. The minimum Gasteiger partial charge on any atom is -0.351 e. The predicted molar refractivity (Wildman–Crippen MR) is 92.7 cm³/mol. The topological polar surface area (TPSA) is 71.1 Å². The Balaban J connectivity index is 1.93. The third-order valence-corrected chi connectivity index (χ3v) is 4.32. The lowest BCUT2D eigenvalue weighted by Gasteiger charge is -2.24. The lowest BCUT2D eigenvalue weighted by molar-refractivity contribution is -0.122. The molecule has 0 atom stereocenters. The third-order valence-electron chi connectivity index (χ3n) is 3.51. The molecule has 23 heavy (non-hydrogen) atoms. The van der Waals surface area contributed by atoms with E-state index in [1.165, 1.54) is 11.3 Å². The summed E-state index contributed by atoms with van der Waals surface area (Å²) in [5.41, 5.74) is 1.01. The molecule has 0 aliphatic heterocycles. The number of hydrogen-bond donors (Lipinski definition) is 2. The number of nitrogens with zero attached hydrogens (tertiary/aromatic N) is 1. The summed E-state index contributed by atoms with van der Waals surface area (Å²) in [6.07, 6.45) is 1.06. The first-order valence-corrected chi connectivity index (χ1v) is 8.39. The summed E-state index contributed by atoms with van der Waals surface area (Å²) >= 11 is 1.32. The minimum atomic E-state index is -0.225. The summed E-state index contributed by atoms with van der Waals surface area (Å²) in [6.45, 7) is 6.00. The molecule has 122 valence electrons. The van der Waals surface area contributed by atoms with Crippen LogP contribution in [0.5, 0.6) is 0 Å². The first-order chi connectivity index (χ1) is 10.9. The van der Waals surface area contributed by atoms with Gasteiger partial charge in [-0.2, -0.15) is 0 Å². The highest BCUT2D eigenvalue weighted by Crippen LogP contribution is 2.17. The Morgan fingerprint density at radius 1 is 1.22 bits per heavy atom. The van der Waals surface area contributed by atoms with E-state index in [1.54, 1.807) is 17.5 Å². The smallest absolute Gasteiger partial charge is 0.257 e. The van der Waals surface area contributed by atoms with Crippen molar-refractivity contribution in [2.45, 2.75) is 39.2 Å². The predicted octanol–water partition coefficient (Wildman–Crippen LogP) is 3.24. The fourth-order valence-corrected chi connectivity index (χ4v) is 2.58. The Bertz CT molecular complexity index is 680. The molecule has 2 N–H and O–H groups in total. The lowest BCUT2D eigenvalue weighted by atomic mass is 10.0. The van der Waals surface area contributed by atoms with Crippen LogP contribution in [0.1, 0.15) is 43.2 Å². The quantitative estimate of drug-likeness (QED) is 0.853. The van der Waals surface area contributed by atoms with Crippen LogP contribution in [-0.4, -0.2) is 22.3 Å². The highest BCUT2D eigenvalue weighted by Gasteiger charge is 2.18. The number of thiazole rings is 1. The van der Waals surface area contributed by atoms with Gasteiger partial charge in [-0.05, 0) is 32.4 Å². The molecule has 2 aromatic rings. The van der Waals surface area contributed by atoms with E-state index < -0.39 is 0 Å². The molecule has 0 radical (unpaired) electrons. The van der Waals surface area contributed by atoms with E-state index in [2.05, 4.69) is 15.6 Å². The van der Waals surface area contributed by atoms with Crippen LogP contribution in [0.3, 0.4) is 0 Å². The van der Waals surface area contributed by atoms with Gasteiger partial charge in [-0.15, -0.1) is 11.3 Å². The molecule has 5 nitrogen and oxygen atoms in total. The second-order valence-electron chi connectivity index (χ2n) is 5.93. The SMILES string of the molecule is CCC(C)(C)NC(=O)Cc1csc(NC(=O)c2ccccc2)n1. The summed E-state index contributed by atoms with van der Waals surface area (Å²) in [7, 11) is 0. The largest absolute Gasteiger partial charge is 0.351 e. The van der Waals surface area contributed by atoms with Crippen LogP contribution in [0.25, 0.3) is 0 Å². The molecule has 0 aliphatic rings. The van der Waals surface area contributed by atoms with Gasteiger partial charge < -0.3 is 5.32 Å². The number of benzene rings is 1. The molecule has 1 aromatic carbocycles. The van der Waals surface area contributed by atoms with Crippen molar-refractivity contribution in [3.63, 3.8) is 0 Å². The van der Waals surface area contributed by atoms with Crippen LogP contribution in [0.15, 0.2) is 35.7 Å². The maximum Gasteiger partial charge on any atom is 0.257 e. The van der Waals surface area contributed by atoms with E-state index >= 15 is 0 Å². The van der Waals surface area contributed by atoms with Crippen molar-refractivity contribution >= 4 is 28.3 Å². The molecule has 2 amide bonds. The number of carbonyl (C=O) groups excluding carboxylic acids is 2. The number of nitrogens with one attached hydrogen (secondary N) is 2.